The van der Waals surface area contributed by atoms with Crippen LogP contribution >= 0.6 is 0 Å². The van der Waals surface area contributed by atoms with Crippen LogP contribution in [0.3, 0.4) is 0 Å². The lowest BCUT2D eigenvalue weighted by Crippen LogP contribution is -2.58. The van der Waals surface area contributed by atoms with Gasteiger partial charge >= 0.3 is 0 Å². The molecule has 0 aromatic carbocycles. The van der Waals surface area contributed by atoms with Crippen LogP contribution in [0.2, 0.25) is 0 Å². The summed E-state index contributed by atoms with van der Waals surface area (Å²) in [5.41, 5.74) is 5.49. The zero-order valence-corrected chi connectivity index (χ0v) is 9.87. The Morgan fingerprint density at radius 3 is 2.50 bits per heavy atom. The van der Waals surface area contributed by atoms with E-state index in [1.165, 1.54) is 11.3 Å². The van der Waals surface area contributed by atoms with Gasteiger partial charge in [0.2, 0.25) is 11.8 Å². The number of nitrogens with two attached hydrogens (primary N) is 1. The lowest BCUT2D eigenvalue weighted by Gasteiger charge is -2.44. The minimum absolute atomic E-state index is 0.0236. The third-order valence-electron chi connectivity index (χ3n) is 3.97. The lowest BCUT2D eigenvalue weighted by molar-refractivity contribution is -0.147. The van der Waals surface area contributed by atoms with Gasteiger partial charge in [0.15, 0.2) is 0 Å². The summed E-state index contributed by atoms with van der Waals surface area (Å²) < 4.78 is 0. The molecule has 1 aliphatic carbocycles. The van der Waals surface area contributed by atoms with Crippen molar-refractivity contribution in [3.05, 3.63) is 0 Å². The van der Waals surface area contributed by atoms with Gasteiger partial charge in [0.1, 0.15) is 0 Å². The Kier molecular flexibility index (Phi) is 3.02. The molecule has 2 atom stereocenters. The molecule has 0 radical (unpaired) electrons. The minimum atomic E-state index is -0.373. The van der Waals surface area contributed by atoms with E-state index in [9.17, 15) is 9.59 Å². The van der Waals surface area contributed by atoms with E-state index < -0.39 is 0 Å². The largest absolute Gasteiger partial charge is 0.328 e. The Balaban J connectivity index is 2.26. The van der Waals surface area contributed by atoms with E-state index in [2.05, 4.69) is 6.92 Å². The minimum Gasteiger partial charge on any atom is -0.328 e. The number of hydrogen-bond acceptors (Lipinski definition) is 3. The number of carbonyl (C=O) groups excluding carboxylic acids is 2. The van der Waals surface area contributed by atoms with Crippen molar-refractivity contribution >= 4 is 11.8 Å². The molecule has 1 saturated heterocycles. The van der Waals surface area contributed by atoms with Crippen molar-refractivity contribution in [2.75, 3.05) is 6.54 Å². The van der Waals surface area contributed by atoms with Crippen molar-refractivity contribution in [1.29, 1.82) is 0 Å². The van der Waals surface area contributed by atoms with Crippen LogP contribution in [0, 0.1) is 5.92 Å². The first-order valence-electron chi connectivity index (χ1n) is 6.15. The molecule has 2 amide bonds. The molecule has 0 aromatic heterocycles. The first-order chi connectivity index (χ1) is 7.59. The first-order valence-corrected chi connectivity index (χ1v) is 6.15. The first kappa shape index (κ1) is 11.6. The third kappa shape index (κ3) is 1.75. The molecule has 1 heterocycles. The number of rotatable bonds is 2. The van der Waals surface area contributed by atoms with Crippen LogP contribution in [0.4, 0.5) is 0 Å². The standard InChI is InChI=1S/C12H20N2O2/c1-9-3-2-6-12(7-9,8-13)14-10(15)4-5-11(14)16/h9H,2-8,13H2,1H3. The second-order valence-corrected chi connectivity index (χ2v) is 5.25. The number of carbonyl (C=O) groups is 2. The number of nitrogens with zero attached hydrogens (tertiary/aromatic N) is 1. The molecular weight excluding hydrogens is 204 g/mol. The Morgan fingerprint density at radius 2 is 2.00 bits per heavy atom. The Morgan fingerprint density at radius 1 is 1.38 bits per heavy atom. The van der Waals surface area contributed by atoms with E-state index >= 15 is 0 Å². The van der Waals surface area contributed by atoms with Crippen molar-refractivity contribution < 1.29 is 9.59 Å². The number of imide groups is 1. The highest BCUT2D eigenvalue weighted by molar-refractivity contribution is 6.02. The van der Waals surface area contributed by atoms with Gasteiger partial charge < -0.3 is 5.73 Å². The van der Waals surface area contributed by atoms with Crippen LogP contribution in [0.1, 0.15) is 45.4 Å². The second-order valence-electron chi connectivity index (χ2n) is 5.25. The summed E-state index contributed by atoms with van der Waals surface area (Å²) in [6.45, 7) is 2.59. The quantitative estimate of drug-likeness (QED) is 0.713. The van der Waals surface area contributed by atoms with E-state index in [1.807, 2.05) is 0 Å². The molecule has 16 heavy (non-hydrogen) atoms. The number of likely N-dealkylation sites (tertiary alicyclic amines) is 1. The third-order valence-corrected chi connectivity index (χ3v) is 3.97. The molecule has 0 bridgehead atoms. The number of amides is 2. The van der Waals surface area contributed by atoms with Crippen molar-refractivity contribution in [2.24, 2.45) is 11.7 Å². The molecule has 4 heteroatoms. The molecule has 1 aliphatic heterocycles. The van der Waals surface area contributed by atoms with Gasteiger partial charge in [-0.2, -0.15) is 0 Å². The molecule has 2 aliphatic rings. The maximum absolute atomic E-state index is 11.8. The molecule has 90 valence electrons. The normalized spacial score (nSPS) is 35.9. The Labute approximate surface area is 96.2 Å². The maximum Gasteiger partial charge on any atom is 0.230 e. The van der Waals surface area contributed by atoms with Crippen LogP contribution < -0.4 is 5.73 Å². The molecular formula is C12H20N2O2. The average molecular weight is 224 g/mol. The topological polar surface area (TPSA) is 63.4 Å². The Bertz CT molecular complexity index is 300. The van der Waals surface area contributed by atoms with Crippen LogP contribution in [0.5, 0.6) is 0 Å². The van der Waals surface area contributed by atoms with Gasteiger partial charge in [-0.05, 0) is 18.8 Å². The van der Waals surface area contributed by atoms with Gasteiger partial charge in [0, 0.05) is 19.4 Å². The van der Waals surface area contributed by atoms with E-state index in [1.54, 1.807) is 0 Å². The summed E-state index contributed by atoms with van der Waals surface area (Å²) in [5, 5.41) is 0. The van der Waals surface area contributed by atoms with Gasteiger partial charge in [-0.3, -0.25) is 14.5 Å². The zero-order valence-electron chi connectivity index (χ0n) is 9.87. The monoisotopic (exact) mass is 224 g/mol. The SMILES string of the molecule is CC1CCCC(CN)(N2C(=O)CCC2=O)C1. The molecule has 2 N–H and O–H groups in total. The maximum atomic E-state index is 11.8. The second kappa shape index (κ2) is 4.17. The molecule has 0 spiro atoms. The van der Waals surface area contributed by atoms with Gasteiger partial charge in [-0.1, -0.05) is 19.8 Å². The van der Waals surface area contributed by atoms with Crippen LogP contribution in [0.15, 0.2) is 0 Å². The van der Waals surface area contributed by atoms with E-state index in [4.69, 9.17) is 5.73 Å². The summed E-state index contributed by atoms with van der Waals surface area (Å²) in [6.07, 6.45) is 4.74. The van der Waals surface area contributed by atoms with E-state index in [-0.39, 0.29) is 17.4 Å². The molecule has 4 nitrogen and oxygen atoms in total. The highest BCUT2D eigenvalue weighted by Crippen LogP contribution is 2.38. The fourth-order valence-corrected chi connectivity index (χ4v) is 3.22. The van der Waals surface area contributed by atoms with Crippen LogP contribution in [-0.4, -0.2) is 28.8 Å². The summed E-state index contributed by atoms with van der Waals surface area (Å²) in [4.78, 5) is 25.1. The predicted octanol–water partition coefficient (Wildman–Crippen LogP) is 1.04. The smallest absolute Gasteiger partial charge is 0.230 e. The van der Waals surface area contributed by atoms with Crippen molar-refractivity contribution in [1.82, 2.24) is 4.90 Å². The van der Waals surface area contributed by atoms with Gasteiger partial charge in [0.05, 0.1) is 5.54 Å². The van der Waals surface area contributed by atoms with Crippen molar-refractivity contribution in [2.45, 2.75) is 51.0 Å². The van der Waals surface area contributed by atoms with Gasteiger partial charge in [-0.25, -0.2) is 0 Å². The van der Waals surface area contributed by atoms with Gasteiger partial charge in [-0.15, -0.1) is 0 Å². The average Bonchev–Trinajstić information content (AvgIpc) is 2.59. The summed E-state index contributed by atoms with van der Waals surface area (Å²) >= 11 is 0. The number of hydrogen-bond donors (Lipinski definition) is 1. The summed E-state index contributed by atoms with van der Waals surface area (Å²) in [6, 6.07) is 0. The highest BCUT2D eigenvalue weighted by atomic mass is 16.2. The van der Waals surface area contributed by atoms with Gasteiger partial charge in [0.25, 0.3) is 0 Å². The summed E-state index contributed by atoms with van der Waals surface area (Å²) in [7, 11) is 0. The fraction of sp³-hybridized carbons (Fsp3) is 0.833. The van der Waals surface area contributed by atoms with Crippen molar-refractivity contribution in [3.63, 3.8) is 0 Å². The molecule has 0 aromatic rings. The molecule has 2 rings (SSSR count). The van der Waals surface area contributed by atoms with E-state index in [0.29, 0.717) is 25.3 Å². The fourth-order valence-electron chi connectivity index (χ4n) is 3.22. The molecule has 2 unspecified atom stereocenters. The Hall–Kier alpha value is -0.900. The zero-order chi connectivity index (χ0) is 11.8. The highest BCUT2D eigenvalue weighted by Gasteiger charge is 2.47. The lowest BCUT2D eigenvalue weighted by atomic mass is 9.75. The predicted molar refractivity (Wildman–Crippen MR) is 60.5 cm³/mol. The van der Waals surface area contributed by atoms with Crippen molar-refractivity contribution in [3.8, 4) is 0 Å². The molecule has 1 saturated carbocycles. The van der Waals surface area contributed by atoms with Crippen LogP contribution in [0.25, 0.3) is 0 Å². The van der Waals surface area contributed by atoms with E-state index in [0.717, 1.165) is 19.3 Å². The summed E-state index contributed by atoms with van der Waals surface area (Å²) in [5.74, 6) is 0.507. The molecule has 2 fully saturated rings. The van der Waals surface area contributed by atoms with Crippen LogP contribution in [-0.2, 0) is 9.59 Å².